The molecule has 3 atom stereocenters. The van der Waals surface area contributed by atoms with Crippen molar-refractivity contribution in [3.8, 4) is 0 Å². The summed E-state index contributed by atoms with van der Waals surface area (Å²) in [6, 6.07) is 5.82. The van der Waals surface area contributed by atoms with Gasteiger partial charge in [0.15, 0.2) is 0 Å². The first-order valence-corrected chi connectivity index (χ1v) is 11.8. The summed E-state index contributed by atoms with van der Waals surface area (Å²) >= 11 is 0. The predicted octanol–water partition coefficient (Wildman–Crippen LogP) is 2.09. The van der Waals surface area contributed by atoms with Crippen molar-refractivity contribution in [1.29, 1.82) is 0 Å². The summed E-state index contributed by atoms with van der Waals surface area (Å²) in [7, 11) is 0. The molecule has 1 unspecified atom stereocenters. The number of nitrogens with one attached hydrogen (secondary N) is 1. The Kier molecular flexibility index (Phi) is 8.09. The van der Waals surface area contributed by atoms with Gasteiger partial charge in [0.1, 0.15) is 24.6 Å². The van der Waals surface area contributed by atoms with Crippen LogP contribution in [0.25, 0.3) is 0 Å². The average Bonchev–Trinajstić information content (AvgIpc) is 3.63. The summed E-state index contributed by atoms with van der Waals surface area (Å²) in [5.74, 6) is 6.47. The van der Waals surface area contributed by atoms with Gasteiger partial charge >= 0.3 is 0 Å². The quantitative estimate of drug-likeness (QED) is 0.118. The van der Waals surface area contributed by atoms with Gasteiger partial charge in [-0.3, -0.25) is 14.6 Å². The van der Waals surface area contributed by atoms with Crippen LogP contribution in [0.15, 0.2) is 41.5 Å². The fourth-order valence-corrected chi connectivity index (χ4v) is 4.42. The lowest BCUT2D eigenvalue weighted by atomic mass is 10.0. The number of hydrazine groups is 1. The first-order chi connectivity index (χ1) is 18.1. The Morgan fingerprint density at radius 1 is 1.16 bits per heavy atom. The van der Waals surface area contributed by atoms with Gasteiger partial charge in [0.05, 0.1) is 18.3 Å². The van der Waals surface area contributed by atoms with Crippen molar-refractivity contribution in [3.05, 3.63) is 65.0 Å². The maximum atomic E-state index is 14.7. The number of carbonyl (C=O) groups excluding carboxylic acids is 2. The molecule has 1 aromatic heterocycles. The number of alkyl halides is 3. The topological polar surface area (TPSA) is 130 Å². The molecule has 1 aliphatic carbocycles. The normalized spacial score (nSPS) is 20.5. The van der Waals surface area contributed by atoms with Crippen LogP contribution in [0.5, 0.6) is 0 Å². The molecule has 2 heterocycles. The number of benzene rings is 1. The largest absolute Gasteiger partial charge is 0.342 e. The molecule has 38 heavy (non-hydrogen) atoms. The summed E-state index contributed by atoms with van der Waals surface area (Å²) in [6.07, 6.45) is -3.41. The molecule has 1 saturated heterocycles. The van der Waals surface area contributed by atoms with Gasteiger partial charge in [0, 0.05) is 12.0 Å². The minimum absolute atomic E-state index is 0.0898. The number of rotatable bonds is 8. The van der Waals surface area contributed by atoms with Crippen molar-refractivity contribution >= 4 is 17.6 Å². The number of carbonyl (C=O) groups is 2. The monoisotopic (exact) mass is 539 g/mol. The van der Waals surface area contributed by atoms with Gasteiger partial charge in [-0.05, 0) is 42.5 Å². The van der Waals surface area contributed by atoms with Gasteiger partial charge in [-0.25, -0.2) is 28.4 Å². The Labute approximate surface area is 214 Å². The number of aromatic nitrogens is 1. The third-order valence-electron chi connectivity index (χ3n) is 6.50. The Morgan fingerprint density at radius 3 is 2.42 bits per heavy atom. The molecule has 4 rings (SSSR count). The number of hydrazone groups is 1. The summed E-state index contributed by atoms with van der Waals surface area (Å²) in [4.78, 5) is 31.0. The van der Waals surface area contributed by atoms with Crippen LogP contribution in [0, 0.1) is 11.8 Å². The van der Waals surface area contributed by atoms with Gasteiger partial charge < -0.3 is 16.1 Å². The molecular formula is C24H26F5N7O2. The van der Waals surface area contributed by atoms with Crippen LogP contribution in [0.2, 0.25) is 0 Å². The van der Waals surface area contributed by atoms with Gasteiger partial charge in [-0.2, -0.15) is 9.49 Å². The van der Waals surface area contributed by atoms with Crippen molar-refractivity contribution in [3.63, 3.8) is 0 Å². The molecule has 2 amide bonds. The lowest BCUT2D eigenvalue weighted by Gasteiger charge is -2.28. The Hall–Kier alpha value is -3.81. The minimum atomic E-state index is -3.17. The van der Waals surface area contributed by atoms with Gasteiger partial charge in [0.25, 0.3) is 6.43 Å². The van der Waals surface area contributed by atoms with Crippen LogP contribution in [0.1, 0.15) is 48.0 Å². The summed E-state index contributed by atoms with van der Waals surface area (Å²) in [6.45, 7) is -1.31. The van der Waals surface area contributed by atoms with Crippen LogP contribution >= 0.6 is 0 Å². The van der Waals surface area contributed by atoms with E-state index < -0.39 is 67.2 Å². The number of amides is 2. The standard InChI is InChI=1S/C24H26F5N7O2/c25-14-5-3-13(4-6-14)20(17-8-7-16(12-1-2-12)22(29)32-17)33-24(38)18-9-15(26)10-35(18)19(37)11-36(31)23(34-30)21(27)28/h3-8,12,15,18,20-21H,1-2,9-11,30-31H2,(H,33,38)/b34-23-/t15-,18+,20?/m1/s1. The highest BCUT2D eigenvalue weighted by Crippen LogP contribution is 2.41. The molecule has 1 saturated carbocycles. The van der Waals surface area contributed by atoms with Crippen LogP contribution in [0.4, 0.5) is 22.0 Å². The molecule has 5 N–H and O–H groups in total. The second-order valence-corrected chi connectivity index (χ2v) is 9.19. The van der Waals surface area contributed by atoms with Crippen LogP contribution in [-0.2, 0) is 9.59 Å². The fraction of sp³-hybridized carbons (Fsp3) is 0.417. The third-order valence-corrected chi connectivity index (χ3v) is 6.50. The van der Waals surface area contributed by atoms with Crippen LogP contribution in [0.3, 0.4) is 0 Å². The number of pyridine rings is 1. The number of likely N-dealkylation sites (tertiary alicyclic amines) is 1. The van der Waals surface area contributed by atoms with Crippen LogP contribution < -0.4 is 17.0 Å². The maximum Gasteiger partial charge on any atom is 0.298 e. The minimum Gasteiger partial charge on any atom is -0.342 e. The molecule has 0 bridgehead atoms. The maximum absolute atomic E-state index is 14.7. The summed E-state index contributed by atoms with van der Waals surface area (Å²) in [5, 5.41) is 5.83. The molecule has 2 fully saturated rings. The number of nitrogens with two attached hydrogens (primary N) is 2. The highest BCUT2D eigenvalue weighted by atomic mass is 19.3. The Morgan fingerprint density at radius 2 is 1.84 bits per heavy atom. The smallest absolute Gasteiger partial charge is 0.298 e. The van der Waals surface area contributed by atoms with Gasteiger partial charge in [-0.15, -0.1) is 0 Å². The molecule has 0 radical (unpaired) electrons. The van der Waals surface area contributed by atoms with Crippen molar-refractivity contribution < 1.29 is 31.5 Å². The molecule has 204 valence electrons. The zero-order valence-corrected chi connectivity index (χ0v) is 20.0. The second-order valence-electron chi connectivity index (χ2n) is 9.19. The van der Waals surface area contributed by atoms with E-state index in [2.05, 4.69) is 15.4 Å². The first kappa shape index (κ1) is 27.2. The van der Waals surface area contributed by atoms with Crippen molar-refractivity contribution in [2.24, 2.45) is 16.8 Å². The van der Waals surface area contributed by atoms with E-state index in [1.54, 1.807) is 12.1 Å². The van der Waals surface area contributed by atoms with Crippen molar-refractivity contribution in [1.82, 2.24) is 20.2 Å². The van der Waals surface area contributed by atoms with Crippen molar-refractivity contribution in [2.45, 2.75) is 49.9 Å². The highest BCUT2D eigenvalue weighted by Gasteiger charge is 2.41. The van der Waals surface area contributed by atoms with E-state index in [0.717, 1.165) is 29.9 Å². The van der Waals surface area contributed by atoms with Crippen molar-refractivity contribution in [2.75, 3.05) is 13.1 Å². The third kappa shape index (κ3) is 6.01. The number of amidine groups is 1. The summed E-state index contributed by atoms with van der Waals surface area (Å²) < 4.78 is 68.7. The molecule has 2 aromatic rings. The first-order valence-electron chi connectivity index (χ1n) is 11.8. The zero-order chi connectivity index (χ0) is 27.6. The van der Waals surface area contributed by atoms with Gasteiger partial charge in [0.2, 0.25) is 23.6 Å². The molecule has 1 aliphatic heterocycles. The lowest BCUT2D eigenvalue weighted by molar-refractivity contribution is -0.139. The van der Waals surface area contributed by atoms with E-state index in [4.69, 9.17) is 11.7 Å². The summed E-state index contributed by atoms with van der Waals surface area (Å²) in [5.41, 5.74) is 0.946. The number of hydrogen-bond donors (Lipinski definition) is 3. The molecule has 9 nitrogen and oxygen atoms in total. The predicted molar refractivity (Wildman–Crippen MR) is 126 cm³/mol. The van der Waals surface area contributed by atoms with E-state index in [1.807, 2.05) is 0 Å². The fourth-order valence-electron chi connectivity index (χ4n) is 4.42. The number of halogens is 5. The molecule has 2 aliphatic rings. The van der Waals surface area contributed by atoms with Crippen LogP contribution in [-0.4, -0.2) is 64.3 Å². The molecule has 0 spiro atoms. The highest BCUT2D eigenvalue weighted by molar-refractivity contribution is 5.92. The Bertz CT molecular complexity index is 1210. The van der Waals surface area contributed by atoms with E-state index in [-0.39, 0.29) is 18.0 Å². The molecule has 14 heteroatoms. The molecule has 1 aromatic carbocycles. The van der Waals surface area contributed by atoms with E-state index in [9.17, 15) is 31.5 Å². The van der Waals surface area contributed by atoms with E-state index >= 15 is 0 Å². The SMILES string of the molecule is N/N=C(/C(F)F)N(N)CC(=O)N1C[C@H](F)C[C@H]1C(=O)NC(c1ccc(F)cc1)c1ccc(C2CC2)c(F)n1. The zero-order valence-electron chi connectivity index (χ0n) is 20.0. The number of hydrogen-bond acceptors (Lipinski definition) is 6. The van der Waals surface area contributed by atoms with E-state index in [0.29, 0.717) is 16.1 Å². The molecular weight excluding hydrogens is 513 g/mol. The Balaban J connectivity index is 1.56. The lowest BCUT2D eigenvalue weighted by Crippen LogP contribution is -2.52. The van der Waals surface area contributed by atoms with Gasteiger partial charge in [-0.1, -0.05) is 18.2 Å². The van der Waals surface area contributed by atoms with E-state index in [1.165, 1.54) is 12.1 Å². The number of nitrogens with zero attached hydrogens (tertiary/aromatic N) is 4. The second kappa shape index (κ2) is 11.3. The average molecular weight is 540 g/mol.